The predicted octanol–water partition coefficient (Wildman–Crippen LogP) is 7.35. The molecule has 0 aromatic carbocycles. The molecule has 3 heteroatoms. The Morgan fingerprint density at radius 3 is 1.19 bits per heavy atom. The third-order valence-corrected chi connectivity index (χ3v) is 37.3. The Morgan fingerprint density at radius 2 is 1.05 bits per heavy atom. The zero-order chi connectivity index (χ0) is 17.3. The molecule has 0 amide bonds. The van der Waals surface area contributed by atoms with Gasteiger partial charge in [0.25, 0.3) is 0 Å². The fourth-order valence-corrected chi connectivity index (χ4v) is 47.6. The summed E-state index contributed by atoms with van der Waals surface area (Å²) in [6.45, 7) is 29.2. The molecule has 0 aliphatic heterocycles. The van der Waals surface area contributed by atoms with Crippen molar-refractivity contribution in [3.8, 4) is 0 Å². The van der Waals surface area contributed by atoms with Gasteiger partial charge in [-0.05, 0) is 0 Å². The van der Waals surface area contributed by atoms with Crippen LogP contribution in [0.3, 0.4) is 0 Å². The van der Waals surface area contributed by atoms with Gasteiger partial charge in [0.2, 0.25) is 0 Å². The Bertz CT molecular complexity index is 303. The second kappa shape index (κ2) is 7.30. The summed E-state index contributed by atoms with van der Waals surface area (Å²) in [5, 5.41) is 2.61. The van der Waals surface area contributed by atoms with Crippen molar-refractivity contribution in [1.29, 1.82) is 0 Å². The van der Waals surface area contributed by atoms with E-state index in [1.165, 1.54) is 10.5 Å². The van der Waals surface area contributed by atoms with Crippen LogP contribution in [0.4, 0.5) is 0 Å². The van der Waals surface area contributed by atoms with Crippen molar-refractivity contribution >= 4 is 27.2 Å². The minimum atomic E-state index is -2.58. The topological polar surface area (TPSA) is 9.23 Å². The van der Waals surface area contributed by atoms with E-state index in [0.29, 0.717) is 13.2 Å². The van der Waals surface area contributed by atoms with Gasteiger partial charge in [0, 0.05) is 0 Å². The average Bonchev–Trinajstić information content (AvgIpc) is 2.26. The van der Waals surface area contributed by atoms with Gasteiger partial charge in [-0.3, -0.25) is 0 Å². The van der Waals surface area contributed by atoms with Crippen molar-refractivity contribution in [3.05, 3.63) is 0 Å². The zero-order valence-electron chi connectivity index (χ0n) is 17.0. The van der Waals surface area contributed by atoms with Gasteiger partial charge in [0.15, 0.2) is 0 Å². The molecule has 0 fully saturated rings. The van der Waals surface area contributed by atoms with Crippen molar-refractivity contribution < 1.29 is 2.79 Å². The van der Waals surface area contributed by atoms with Crippen LogP contribution < -0.4 is 0 Å². The van der Waals surface area contributed by atoms with Crippen molar-refractivity contribution in [2.75, 3.05) is 0 Å². The molecule has 0 N–H and O–H groups in total. The van der Waals surface area contributed by atoms with Gasteiger partial charge in [-0.15, -0.1) is 0 Å². The van der Waals surface area contributed by atoms with Gasteiger partial charge >= 0.3 is 142 Å². The molecule has 0 aliphatic rings. The van der Waals surface area contributed by atoms with Crippen LogP contribution in [-0.2, 0) is 2.79 Å². The Balaban J connectivity index is 6.18. The molecular formula is C18H42Ge2O. The summed E-state index contributed by atoms with van der Waals surface area (Å²) < 4.78 is 9.65. The molecule has 0 rings (SSSR count). The number of rotatable bonds is 6. The van der Waals surface area contributed by atoms with Crippen LogP contribution >= 0.6 is 0 Å². The first kappa shape index (κ1) is 22.0. The van der Waals surface area contributed by atoms with Gasteiger partial charge in [-0.2, -0.15) is 0 Å². The summed E-state index contributed by atoms with van der Waals surface area (Å²) in [5.74, 6) is 0. The molecule has 0 radical (unpaired) electrons. The molecule has 0 bridgehead atoms. The van der Waals surface area contributed by atoms with E-state index in [-0.39, 0.29) is 0 Å². The maximum atomic E-state index is 7.55. The Morgan fingerprint density at radius 1 is 0.714 bits per heavy atom. The third kappa shape index (κ3) is 4.12. The van der Waals surface area contributed by atoms with Gasteiger partial charge in [0.05, 0.1) is 0 Å². The maximum absolute atomic E-state index is 7.55. The van der Waals surface area contributed by atoms with E-state index < -0.39 is 27.2 Å². The minimum absolute atomic E-state index is 0.322. The first-order valence-corrected chi connectivity index (χ1v) is 18.1. The number of hydrogen-bond acceptors (Lipinski definition) is 1. The van der Waals surface area contributed by atoms with Gasteiger partial charge in [0.1, 0.15) is 0 Å². The summed E-state index contributed by atoms with van der Waals surface area (Å²) in [4.78, 5) is 0. The molecule has 128 valence electrons. The second-order valence-electron chi connectivity index (χ2n) is 9.42. The van der Waals surface area contributed by atoms with E-state index in [0.717, 1.165) is 4.75 Å². The third-order valence-electron chi connectivity index (χ3n) is 5.65. The Hall–Kier alpha value is 1.05. The predicted molar refractivity (Wildman–Crippen MR) is 103 cm³/mol. The van der Waals surface area contributed by atoms with Gasteiger partial charge in [-0.1, -0.05) is 0 Å². The molecule has 0 spiro atoms. The Labute approximate surface area is 141 Å². The van der Waals surface area contributed by atoms with E-state index in [1.54, 1.807) is 0 Å². The van der Waals surface area contributed by atoms with E-state index in [9.17, 15) is 0 Å². The van der Waals surface area contributed by atoms with Crippen LogP contribution in [-0.4, -0.2) is 27.2 Å². The van der Waals surface area contributed by atoms with Crippen molar-refractivity contribution in [2.45, 2.75) is 112 Å². The van der Waals surface area contributed by atoms with E-state index >= 15 is 0 Å². The summed E-state index contributed by atoms with van der Waals surface area (Å²) in [6, 6.07) is 0. The molecule has 21 heavy (non-hydrogen) atoms. The quantitative estimate of drug-likeness (QED) is 0.409. The van der Waals surface area contributed by atoms with Crippen molar-refractivity contribution in [1.82, 2.24) is 0 Å². The number of hydrogen-bond donors (Lipinski definition) is 0. The van der Waals surface area contributed by atoms with E-state index in [2.05, 4.69) is 83.1 Å². The fourth-order valence-electron chi connectivity index (χ4n) is 4.93. The van der Waals surface area contributed by atoms with Crippen molar-refractivity contribution in [2.24, 2.45) is 0 Å². The van der Waals surface area contributed by atoms with E-state index in [1.807, 2.05) is 0 Å². The molecule has 1 nitrogen and oxygen atoms in total. The van der Waals surface area contributed by atoms with Crippen LogP contribution in [0.2, 0.25) is 28.5 Å². The molecule has 0 aliphatic carbocycles. The van der Waals surface area contributed by atoms with Gasteiger partial charge in [-0.25, -0.2) is 0 Å². The van der Waals surface area contributed by atoms with Gasteiger partial charge < -0.3 is 0 Å². The molecule has 0 unspecified atom stereocenters. The first-order chi connectivity index (χ1) is 9.22. The van der Waals surface area contributed by atoms with Crippen molar-refractivity contribution in [3.63, 3.8) is 0 Å². The van der Waals surface area contributed by atoms with E-state index in [4.69, 9.17) is 2.79 Å². The molecule has 0 saturated heterocycles. The first-order valence-electron chi connectivity index (χ1n) is 8.92. The summed E-state index contributed by atoms with van der Waals surface area (Å²) in [7, 11) is 0. The second-order valence-corrected chi connectivity index (χ2v) is 33.7. The summed E-state index contributed by atoms with van der Waals surface area (Å²) in [6.07, 6.45) is 0. The van der Waals surface area contributed by atoms with Crippen LogP contribution in [0.1, 0.15) is 83.1 Å². The molecule has 0 aromatic rings. The van der Waals surface area contributed by atoms with Crippen LogP contribution in [0.5, 0.6) is 0 Å². The zero-order valence-corrected chi connectivity index (χ0v) is 21.2. The van der Waals surface area contributed by atoms with Crippen LogP contribution in [0.25, 0.3) is 0 Å². The molecule has 0 atom stereocenters. The molecule has 0 saturated carbocycles. The average molecular weight is 420 g/mol. The van der Waals surface area contributed by atoms with Crippen LogP contribution in [0.15, 0.2) is 0 Å². The summed E-state index contributed by atoms with van der Waals surface area (Å²) >= 11 is -4.83. The molecule has 0 aromatic heterocycles. The van der Waals surface area contributed by atoms with Crippen LogP contribution in [0, 0.1) is 0 Å². The fraction of sp³-hybridized carbons (Fsp3) is 1.00. The Kier molecular flexibility index (Phi) is 7.66. The normalized spacial score (nSPS) is 15.1. The molecule has 0 heterocycles. The SMILES string of the molecule is C[CH2][Ge]([CH2]C)([O][Ge]([CH](C)C)([C](C)(C)C)[C](C)(C)C)[CH](C)C. The monoisotopic (exact) mass is 422 g/mol. The molecular weight excluding hydrogens is 377 g/mol. The standard InChI is InChI=1S/C18H42Ge2O/c1-13-19(14-2,15(3)4)21-20(16(5)6,17(7,8)9)18(10,11)12/h15-16H,13-14H2,1-12H3. The summed E-state index contributed by atoms with van der Waals surface area (Å²) in [5.41, 5.74) is 0.